The second kappa shape index (κ2) is 15.6. The molecule has 12 unspecified atom stereocenters. The zero-order chi connectivity index (χ0) is 30.3. The number of nitrogens with two attached hydrogens (primary N) is 3. The molecule has 2 fully saturated rings. The molecule has 0 radical (unpaired) electrons. The maximum atomic E-state index is 11.7. The van der Waals surface area contributed by atoms with E-state index in [4.69, 9.17) is 31.4 Å². The van der Waals surface area contributed by atoms with E-state index < -0.39 is 78.5 Å². The first kappa shape index (κ1) is 34.5. The third kappa shape index (κ3) is 8.55. The summed E-state index contributed by atoms with van der Waals surface area (Å²) in [5.74, 6) is -0.0651. The number of hydrogen-bond acceptors (Lipinski definition) is 15. The Morgan fingerprint density at radius 2 is 1.88 bits per heavy atom. The Morgan fingerprint density at radius 3 is 2.51 bits per heavy atom. The predicted molar refractivity (Wildman–Crippen MR) is 149 cm³/mol. The summed E-state index contributed by atoms with van der Waals surface area (Å²) in [5.41, 5.74) is 17.2. The smallest absolute Gasteiger partial charge is 0.185 e. The van der Waals surface area contributed by atoms with E-state index in [-0.39, 0.29) is 26.2 Å². The van der Waals surface area contributed by atoms with Gasteiger partial charge in [0.05, 0.1) is 50.7 Å². The minimum Gasteiger partial charge on any atom is -0.492 e. The molecule has 15 heteroatoms. The first-order valence-electron chi connectivity index (χ1n) is 14.4. The summed E-state index contributed by atoms with van der Waals surface area (Å²) < 4.78 is 18.2. The minimum absolute atomic E-state index is 0.127. The van der Waals surface area contributed by atoms with Gasteiger partial charge in [0.2, 0.25) is 0 Å². The highest BCUT2D eigenvalue weighted by molar-refractivity contribution is 5.11. The SMILES string of the molecule is CNC1C(O)C(OC2C(NC(CO)CO)CC(N)C(C3OC(CNCC(O)CCN)=CCC3N)C2O)OCC1(C)O. The van der Waals surface area contributed by atoms with Gasteiger partial charge in [-0.15, -0.1) is 0 Å². The second-order valence-electron chi connectivity index (χ2n) is 11.7. The Bertz CT molecular complexity index is 822. The summed E-state index contributed by atoms with van der Waals surface area (Å²) in [6.07, 6.45) is -2.88. The lowest BCUT2D eigenvalue weighted by molar-refractivity contribution is -0.298. The largest absolute Gasteiger partial charge is 0.492 e. The highest BCUT2D eigenvalue weighted by Crippen LogP contribution is 2.36. The van der Waals surface area contributed by atoms with Crippen LogP contribution in [0.4, 0.5) is 0 Å². The second-order valence-corrected chi connectivity index (χ2v) is 11.7. The maximum Gasteiger partial charge on any atom is 0.185 e. The van der Waals surface area contributed by atoms with E-state index >= 15 is 0 Å². The zero-order valence-corrected chi connectivity index (χ0v) is 24.0. The van der Waals surface area contributed by atoms with Crippen LogP contribution in [0, 0.1) is 5.92 Å². The van der Waals surface area contributed by atoms with Crippen molar-refractivity contribution in [1.29, 1.82) is 0 Å². The van der Waals surface area contributed by atoms with Crippen LogP contribution in [0.15, 0.2) is 11.8 Å². The van der Waals surface area contributed by atoms with Gasteiger partial charge in [-0.05, 0) is 45.9 Å². The summed E-state index contributed by atoms with van der Waals surface area (Å²) in [6.45, 7) is 1.75. The van der Waals surface area contributed by atoms with Crippen LogP contribution in [0.25, 0.3) is 0 Å². The van der Waals surface area contributed by atoms with Gasteiger partial charge in [0.25, 0.3) is 0 Å². The molecule has 0 aromatic rings. The van der Waals surface area contributed by atoms with Gasteiger partial charge < -0.3 is 78.0 Å². The number of aliphatic hydroxyl groups excluding tert-OH is 5. The first-order chi connectivity index (χ1) is 19.5. The van der Waals surface area contributed by atoms with Crippen LogP contribution in [0.1, 0.15) is 26.2 Å². The van der Waals surface area contributed by atoms with Crippen molar-refractivity contribution in [3.8, 4) is 0 Å². The Morgan fingerprint density at radius 1 is 1.17 bits per heavy atom. The summed E-state index contributed by atoms with van der Waals surface area (Å²) in [6, 6.07) is -3.17. The maximum absolute atomic E-state index is 11.7. The Kier molecular flexibility index (Phi) is 13.1. The molecule has 12 atom stereocenters. The summed E-state index contributed by atoms with van der Waals surface area (Å²) >= 11 is 0. The van der Waals surface area contributed by atoms with E-state index in [9.17, 15) is 30.6 Å². The van der Waals surface area contributed by atoms with Gasteiger partial charge >= 0.3 is 0 Å². The molecule has 0 amide bonds. The molecular formula is C26H52N6O9. The van der Waals surface area contributed by atoms with Gasteiger partial charge in [-0.25, -0.2) is 0 Å². The van der Waals surface area contributed by atoms with Crippen molar-refractivity contribution >= 4 is 0 Å². The lowest BCUT2D eigenvalue weighted by atomic mass is 9.72. The van der Waals surface area contributed by atoms with Crippen LogP contribution in [-0.2, 0) is 14.2 Å². The monoisotopic (exact) mass is 592 g/mol. The van der Waals surface area contributed by atoms with E-state index in [0.29, 0.717) is 38.2 Å². The molecule has 0 bridgehead atoms. The van der Waals surface area contributed by atoms with Crippen molar-refractivity contribution in [2.24, 2.45) is 23.1 Å². The van der Waals surface area contributed by atoms with Crippen LogP contribution in [0.3, 0.4) is 0 Å². The third-order valence-electron chi connectivity index (χ3n) is 8.36. The molecule has 0 aromatic carbocycles. The highest BCUT2D eigenvalue weighted by Gasteiger charge is 2.53. The van der Waals surface area contributed by atoms with Gasteiger partial charge in [-0.1, -0.05) is 0 Å². The average molecular weight is 593 g/mol. The highest BCUT2D eigenvalue weighted by atomic mass is 16.7. The molecule has 3 aliphatic rings. The molecule has 15 nitrogen and oxygen atoms in total. The molecule has 15 N–H and O–H groups in total. The van der Waals surface area contributed by atoms with Gasteiger partial charge in [-0.2, -0.15) is 0 Å². The van der Waals surface area contributed by atoms with Crippen molar-refractivity contribution in [2.75, 3.05) is 46.5 Å². The van der Waals surface area contributed by atoms with Crippen molar-refractivity contribution in [3.05, 3.63) is 11.8 Å². The van der Waals surface area contributed by atoms with Gasteiger partial charge in [0.15, 0.2) is 6.29 Å². The molecule has 1 saturated heterocycles. The first-order valence-corrected chi connectivity index (χ1v) is 14.4. The van der Waals surface area contributed by atoms with Crippen LogP contribution >= 0.6 is 0 Å². The Labute approximate surface area is 241 Å². The third-order valence-corrected chi connectivity index (χ3v) is 8.36. The lowest BCUT2D eigenvalue weighted by Gasteiger charge is -2.51. The van der Waals surface area contributed by atoms with E-state index in [1.54, 1.807) is 7.05 Å². The van der Waals surface area contributed by atoms with Crippen LogP contribution in [0.5, 0.6) is 0 Å². The van der Waals surface area contributed by atoms with Gasteiger partial charge in [0.1, 0.15) is 29.7 Å². The Hall–Kier alpha value is -1.02. The number of hydrogen-bond donors (Lipinski definition) is 12. The van der Waals surface area contributed by atoms with E-state index in [0.717, 1.165) is 0 Å². The van der Waals surface area contributed by atoms with E-state index in [1.165, 1.54) is 6.92 Å². The fourth-order valence-corrected chi connectivity index (χ4v) is 6.10. The van der Waals surface area contributed by atoms with Crippen LogP contribution < -0.4 is 33.2 Å². The molecule has 0 spiro atoms. The molecule has 2 heterocycles. The fourth-order valence-electron chi connectivity index (χ4n) is 6.10. The van der Waals surface area contributed by atoms with E-state index in [1.807, 2.05) is 6.08 Å². The van der Waals surface area contributed by atoms with Crippen molar-refractivity contribution in [1.82, 2.24) is 16.0 Å². The number of aliphatic hydroxyl groups is 6. The van der Waals surface area contributed by atoms with Crippen molar-refractivity contribution in [3.63, 3.8) is 0 Å². The number of ether oxygens (including phenoxy) is 3. The Balaban J connectivity index is 1.78. The molecule has 1 saturated carbocycles. The number of nitrogens with one attached hydrogen (secondary N) is 3. The van der Waals surface area contributed by atoms with Crippen LogP contribution in [-0.4, -0.2) is 150 Å². The standard InChI is InChI=1S/C26H52N6O9/c1-26(38)12-39-25(21(37)24(26)30-2)41-23-18(32-13(10-33)11-34)7-17(29)19(20(23)36)22-16(28)4-3-15(40-22)9-31-8-14(35)5-6-27/h3,13-14,16-25,30-38H,4-12,27-29H2,1-2H3. The quantitative estimate of drug-likeness (QED) is 0.0899. The van der Waals surface area contributed by atoms with Gasteiger partial charge in [0, 0.05) is 30.6 Å². The molecule has 2 aliphatic heterocycles. The summed E-state index contributed by atoms with van der Waals surface area (Å²) in [5, 5.41) is 71.8. The van der Waals surface area contributed by atoms with Crippen LogP contribution in [0.2, 0.25) is 0 Å². The summed E-state index contributed by atoms with van der Waals surface area (Å²) in [4.78, 5) is 0. The van der Waals surface area contributed by atoms with Crippen molar-refractivity contribution in [2.45, 2.75) is 98.8 Å². The number of likely N-dealkylation sites (N-methyl/N-ethyl adjacent to an activating group) is 1. The zero-order valence-electron chi connectivity index (χ0n) is 24.0. The average Bonchev–Trinajstić information content (AvgIpc) is 2.92. The van der Waals surface area contributed by atoms with Gasteiger partial charge in [-0.3, -0.25) is 0 Å². The fraction of sp³-hybridized carbons (Fsp3) is 0.923. The molecule has 3 rings (SSSR count). The topological polar surface area (TPSA) is 263 Å². The number of rotatable bonds is 14. The minimum atomic E-state index is -1.36. The normalized spacial score (nSPS) is 40.7. The molecular weight excluding hydrogens is 540 g/mol. The van der Waals surface area contributed by atoms with E-state index in [2.05, 4.69) is 16.0 Å². The van der Waals surface area contributed by atoms with Crippen molar-refractivity contribution < 1.29 is 44.8 Å². The predicted octanol–water partition coefficient (Wildman–Crippen LogP) is -5.25. The molecule has 240 valence electrons. The molecule has 0 aromatic heterocycles. The molecule has 41 heavy (non-hydrogen) atoms. The summed E-state index contributed by atoms with van der Waals surface area (Å²) in [7, 11) is 1.60. The molecule has 1 aliphatic carbocycles. The lowest BCUT2D eigenvalue weighted by Crippen LogP contribution is -2.69.